The molecule has 2 heterocycles. The summed E-state index contributed by atoms with van der Waals surface area (Å²) in [6.45, 7) is 2.11. The van der Waals surface area contributed by atoms with Crippen molar-refractivity contribution in [3.8, 4) is 0 Å². The van der Waals surface area contributed by atoms with Gasteiger partial charge in [-0.2, -0.15) is 5.10 Å². The highest BCUT2D eigenvalue weighted by Gasteiger charge is 2.07. The third-order valence-corrected chi connectivity index (χ3v) is 2.25. The van der Waals surface area contributed by atoms with E-state index < -0.39 is 0 Å². The summed E-state index contributed by atoms with van der Waals surface area (Å²) >= 11 is 0. The highest BCUT2D eigenvalue weighted by Crippen LogP contribution is 2.11. The molecule has 14 heavy (non-hydrogen) atoms. The van der Waals surface area contributed by atoms with Crippen LogP contribution in [-0.2, 0) is 7.05 Å². The van der Waals surface area contributed by atoms with E-state index >= 15 is 0 Å². The first-order valence-corrected chi connectivity index (χ1v) is 4.65. The summed E-state index contributed by atoms with van der Waals surface area (Å²) in [5.41, 5.74) is 4.49. The van der Waals surface area contributed by atoms with E-state index in [-0.39, 0.29) is 6.04 Å². The van der Waals surface area contributed by atoms with Gasteiger partial charge in [0.05, 0.1) is 11.7 Å². The minimum atomic E-state index is 0.245. The molecule has 1 N–H and O–H groups in total. The van der Waals surface area contributed by atoms with Crippen molar-refractivity contribution in [3.05, 3.63) is 42.5 Å². The summed E-state index contributed by atoms with van der Waals surface area (Å²) in [6, 6.07) is 6.24. The van der Waals surface area contributed by atoms with E-state index in [0.29, 0.717) is 0 Å². The Labute approximate surface area is 83.1 Å². The minimum Gasteiger partial charge on any atom is -0.318 e. The SMILES string of the molecule is CC(Nn1cccc1)c1ccnn1C. The molecule has 0 fully saturated rings. The van der Waals surface area contributed by atoms with Gasteiger partial charge in [-0.3, -0.25) is 9.36 Å². The van der Waals surface area contributed by atoms with E-state index in [1.165, 1.54) is 5.69 Å². The topological polar surface area (TPSA) is 34.8 Å². The van der Waals surface area contributed by atoms with Gasteiger partial charge in [0.25, 0.3) is 0 Å². The highest BCUT2D eigenvalue weighted by atomic mass is 15.4. The lowest BCUT2D eigenvalue weighted by Crippen LogP contribution is -2.19. The van der Waals surface area contributed by atoms with Gasteiger partial charge in [0, 0.05) is 25.6 Å². The van der Waals surface area contributed by atoms with Crippen LogP contribution in [0.2, 0.25) is 0 Å². The molecule has 2 aromatic rings. The van der Waals surface area contributed by atoms with Crippen molar-refractivity contribution in [1.82, 2.24) is 14.5 Å². The highest BCUT2D eigenvalue weighted by molar-refractivity contribution is 5.09. The third kappa shape index (κ3) is 1.64. The lowest BCUT2D eigenvalue weighted by Gasteiger charge is -2.16. The predicted molar refractivity (Wildman–Crippen MR) is 55.4 cm³/mol. The molecule has 0 saturated heterocycles. The van der Waals surface area contributed by atoms with Crippen LogP contribution in [0.25, 0.3) is 0 Å². The Bertz CT molecular complexity index is 388. The Balaban J connectivity index is 2.10. The Hall–Kier alpha value is -1.71. The van der Waals surface area contributed by atoms with E-state index in [0.717, 1.165) is 0 Å². The quantitative estimate of drug-likeness (QED) is 0.796. The molecule has 0 bridgehead atoms. The van der Waals surface area contributed by atoms with Gasteiger partial charge in [0.1, 0.15) is 0 Å². The maximum absolute atomic E-state index is 4.13. The molecule has 0 aliphatic rings. The number of hydrogen-bond donors (Lipinski definition) is 1. The number of rotatable bonds is 3. The normalized spacial score (nSPS) is 12.7. The number of hydrogen-bond acceptors (Lipinski definition) is 2. The van der Waals surface area contributed by atoms with Crippen LogP contribution in [0.4, 0.5) is 0 Å². The fraction of sp³-hybridized carbons (Fsp3) is 0.300. The molecule has 4 heteroatoms. The second-order valence-electron chi connectivity index (χ2n) is 3.32. The minimum absolute atomic E-state index is 0.245. The van der Waals surface area contributed by atoms with Gasteiger partial charge in [0.15, 0.2) is 0 Å². The molecule has 0 aliphatic heterocycles. The smallest absolute Gasteiger partial charge is 0.0813 e. The number of nitrogens with zero attached hydrogens (tertiary/aromatic N) is 3. The summed E-state index contributed by atoms with van der Waals surface area (Å²) in [7, 11) is 1.95. The molecule has 2 aromatic heterocycles. The zero-order valence-corrected chi connectivity index (χ0v) is 8.38. The summed E-state index contributed by atoms with van der Waals surface area (Å²) < 4.78 is 3.82. The molecule has 1 unspecified atom stereocenters. The van der Waals surface area contributed by atoms with Gasteiger partial charge < -0.3 is 5.43 Å². The third-order valence-electron chi connectivity index (χ3n) is 2.25. The van der Waals surface area contributed by atoms with E-state index in [4.69, 9.17) is 0 Å². The van der Waals surface area contributed by atoms with Crippen molar-refractivity contribution in [1.29, 1.82) is 0 Å². The van der Waals surface area contributed by atoms with Crippen LogP contribution in [-0.4, -0.2) is 14.5 Å². The second kappa shape index (κ2) is 3.57. The van der Waals surface area contributed by atoms with E-state index in [1.807, 2.05) is 53.2 Å². The number of aromatic nitrogens is 3. The lowest BCUT2D eigenvalue weighted by molar-refractivity contribution is 0.633. The molecule has 2 rings (SSSR count). The van der Waals surface area contributed by atoms with Crippen molar-refractivity contribution >= 4 is 0 Å². The van der Waals surface area contributed by atoms with Gasteiger partial charge in [-0.25, -0.2) is 0 Å². The predicted octanol–water partition coefficient (Wildman–Crippen LogP) is 1.53. The fourth-order valence-electron chi connectivity index (χ4n) is 1.52. The Morgan fingerprint density at radius 3 is 2.64 bits per heavy atom. The molecule has 0 radical (unpaired) electrons. The molecule has 0 aliphatic carbocycles. The van der Waals surface area contributed by atoms with Crippen LogP contribution in [0.15, 0.2) is 36.8 Å². The number of aryl methyl sites for hydroxylation is 1. The van der Waals surface area contributed by atoms with Gasteiger partial charge in [-0.1, -0.05) is 0 Å². The molecule has 74 valence electrons. The molecule has 4 nitrogen and oxygen atoms in total. The van der Waals surface area contributed by atoms with Crippen LogP contribution in [0.5, 0.6) is 0 Å². The summed E-state index contributed by atoms with van der Waals surface area (Å²) in [5, 5.41) is 4.13. The first-order chi connectivity index (χ1) is 6.77. The van der Waals surface area contributed by atoms with Crippen molar-refractivity contribution in [2.75, 3.05) is 5.43 Å². The zero-order valence-electron chi connectivity index (χ0n) is 8.38. The van der Waals surface area contributed by atoms with Gasteiger partial charge in [-0.05, 0) is 25.1 Å². The molecule has 0 aromatic carbocycles. The molecule has 1 atom stereocenters. The van der Waals surface area contributed by atoms with E-state index in [1.54, 1.807) is 0 Å². The van der Waals surface area contributed by atoms with Crippen molar-refractivity contribution in [2.45, 2.75) is 13.0 Å². The van der Waals surface area contributed by atoms with Crippen LogP contribution in [0.1, 0.15) is 18.7 Å². The molecule has 0 spiro atoms. The average Bonchev–Trinajstić information content (AvgIpc) is 2.75. The molecular weight excluding hydrogens is 176 g/mol. The summed E-state index contributed by atoms with van der Waals surface area (Å²) in [6.07, 6.45) is 5.77. The maximum Gasteiger partial charge on any atom is 0.0813 e. The Morgan fingerprint density at radius 2 is 2.07 bits per heavy atom. The van der Waals surface area contributed by atoms with Crippen LogP contribution in [0, 0.1) is 0 Å². The van der Waals surface area contributed by atoms with Crippen molar-refractivity contribution in [3.63, 3.8) is 0 Å². The van der Waals surface area contributed by atoms with Crippen LogP contribution >= 0.6 is 0 Å². The average molecular weight is 190 g/mol. The van der Waals surface area contributed by atoms with E-state index in [9.17, 15) is 0 Å². The second-order valence-corrected chi connectivity index (χ2v) is 3.32. The summed E-state index contributed by atoms with van der Waals surface area (Å²) in [4.78, 5) is 0. The van der Waals surface area contributed by atoms with Crippen LogP contribution < -0.4 is 5.43 Å². The Kier molecular flexibility index (Phi) is 2.26. The lowest BCUT2D eigenvalue weighted by atomic mass is 10.2. The maximum atomic E-state index is 4.13. The van der Waals surface area contributed by atoms with Crippen LogP contribution in [0.3, 0.4) is 0 Å². The molecule has 0 saturated carbocycles. The fourth-order valence-corrected chi connectivity index (χ4v) is 1.52. The Morgan fingerprint density at radius 1 is 1.36 bits per heavy atom. The van der Waals surface area contributed by atoms with Gasteiger partial charge in [0.2, 0.25) is 0 Å². The van der Waals surface area contributed by atoms with Crippen molar-refractivity contribution < 1.29 is 0 Å². The first-order valence-electron chi connectivity index (χ1n) is 4.65. The van der Waals surface area contributed by atoms with Gasteiger partial charge >= 0.3 is 0 Å². The van der Waals surface area contributed by atoms with Gasteiger partial charge in [-0.15, -0.1) is 0 Å². The zero-order chi connectivity index (χ0) is 9.97. The first kappa shape index (κ1) is 8.87. The van der Waals surface area contributed by atoms with E-state index in [2.05, 4.69) is 17.4 Å². The molecule has 0 amide bonds. The summed E-state index contributed by atoms with van der Waals surface area (Å²) in [5.74, 6) is 0. The number of nitrogens with one attached hydrogen (secondary N) is 1. The largest absolute Gasteiger partial charge is 0.318 e. The standard InChI is InChI=1S/C10H14N4/c1-9(10-5-6-11-13(10)2)12-14-7-3-4-8-14/h3-9,12H,1-2H3. The van der Waals surface area contributed by atoms with Crippen molar-refractivity contribution in [2.24, 2.45) is 7.05 Å². The monoisotopic (exact) mass is 190 g/mol. The molecular formula is C10H14N4.